The maximum absolute atomic E-state index is 11.3. The van der Waals surface area contributed by atoms with Gasteiger partial charge >= 0.3 is 0 Å². The Morgan fingerprint density at radius 2 is 2.25 bits per heavy atom. The van der Waals surface area contributed by atoms with E-state index in [0.29, 0.717) is 9.90 Å². The number of nitrogens with one attached hydrogen (secondary N) is 1. The van der Waals surface area contributed by atoms with Gasteiger partial charge in [-0.3, -0.25) is 5.10 Å². The second kappa shape index (κ2) is 3.73. The fraction of sp³-hybridized carbons (Fsp3) is 0.111. The maximum Gasteiger partial charge on any atom is 0.184 e. The van der Waals surface area contributed by atoms with Gasteiger partial charge in [-0.2, -0.15) is 10.4 Å². The summed E-state index contributed by atoms with van der Waals surface area (Å²) in [4.78, 5) is 0.745. The van der Waals surface area contributed by atoms with Crippen molar-refractivity contribution in [1.82, 2.24) is 10.2 Å². The van der Waals surface area contributed by atoms with Crippen molar-refractivity contribution >= 4 is 21.2 Å². The SMILES string of the molecule is CS(=O)(=O)c1ccc(-c2cc(C#N)n[nH]2)s1. The highest BCUT2D eigenvalue weighted by Gasteiger charge is 2.12. The minimum absolute atomic E-state index is 0.282. The van der Waals surface area contributed by atoms with E-state index in [1.807, 2.05) is 6.07 Å². The first-order valence-corrected chi connectivity index (χ1v) is 6.97. The Morgan fingerprint density at radius 1 is 1.50 bits per heavy atom. The summed E-state index contributed by atoms with van der Waals surface area (Å²) in [5.74, 6) is 0. The number of rotatable bonds is 2. The van der Waals surface area contributed by atoms with Crippen LogP contribution < -0.4 is 0 Å². The second-order valence-corrected chi connectivity index (χ2v) is 6.50. The van der Waals surface area contributed by atoms with Gasteiger partial charge in [-0.05, 0) is 12.1 Å². The Balaban J connectivity index is 2.43. The lowest BCUT2D eigenvalue weighted by molar-refractivity contribution is 0.604. The molecule has 0 spiro atoms. The first-order valence-electron chi connectivity index (χ1n) is 4.26. The number of aromatic nitrogens is 2. The second-order valence-electron chi connectivity index (χ2n) is 3.17. The van der Waals surface area contributed by atoms with Gasteiger partial charge in [0.25, 0.3) is 0 Å². The molecule has 7 heteroatoms. The van der Waals surface area contributed by atoms with Crippen LogP contribution >= 0.6 is 11.3 Å². The molecule has 0 fully saturated rings. The molecule has 82 valence electrons. The summed E-state index contributed by atoms with van der Waals surface area (Å²) < 4.78 is 22.8. The zero-order valence-electron chi connectivity index (χ0n) is 8.26. The van der Waals surface area contributed by atoms with Crippen LogP contribution in [0.3, 0.4) is 0 Å². The highest BCUT2D eigenvalue weighted by Crippen LogP contribution is 2.29. The number of nitriles is 1. The van der Waals surface area contributed by atoms with E-state index in [-0.39, 0.29) is 5.69 Å². The van der Waals surface area contributed by atoms with Gasteiger partial charge in [-0.15, -0.1) is 11.3 Å². The van der Waals surface area contributed by atoms with Gasteiger partial charge in [-0.1, -0.05) is 0 Å². The van der Waals surface area contributed by atoms with E-state index in [1.165, 1.54) is 0 Å². The molecule has 5 nitrogen and oxygen atoms in total. The van der Waals surface area contributed by atoms with Gasteiger partial charge in [0.1, 0.15) is 10.3 Å². The van der Waals surface area contributed by atoms with E-state index >= 15 is 0 Å². The van der Waals surface area contributed by atoms with E-state index in [0.717, 1.165) is 22.5 Å². The van der Waals surface area contributed by atoms with E-state index in [1.54, 1.807) is 18.2 Å². The minimum Gasteiger partial charge on any atom is -0.276 e. The molecule has 2 heterocycles. The number of sulfone groups is 1. The van der Waals surface area contributed by atoms with Gasteiger partial charge in [0.05, 0.1) is 10.6 Å². The molecule has 0 amide bonds. The molecule has 16 heavy (non-hydrogen) atoms. The first-order chi connectivity index (χ1) is 7.50. The normalized spacial score (nSPS) is 11.2. The zero-order chi connectivity index (χ0) is 11.8. The van der Waals surface area contributed by atoms with Crippen molar-refractivity contribution in [3.63, 3.8) is 0 Å². The van der Waals surface area contributed by atoms with E-state index in [4.69, 9.17) is 5.26 Å². The summed E-state index contributed by atoms with van der Waals surface area (Å²) in [5, 5.41) is 15.0. The highest BCUT2D eigenvalue weighted by molar-refractivity contribution is 7.92. The van der Waals surface area contributed by atoms with Gasteiger partial charge in [0, 0.05) is 12.3 Å². The van der Waals surface area contributed by atoms with Crippen LogP contribution in [0.1, 0.15) is 5.69 Å². The van der Waals surface area contributed by atoms with Gasteiger partial charge in [0.2, 0.25) is 0 Å². The first kappa shape index (κ1) is 10.9. The predicted octanol–water partition coefficient (Wildman–Crippen LogP) is 1.41. The lowest BCUT2D eigenvalue weighted by Gasteiger charge is -1.90. The van der Waals surface area contributed by atoms with E-state index in [9.17, 15) is 8.42 Å². The van der Waals surface area contributed by atoms with Crippen LogP contribution in [0.4, 0.5) is 0 Å². The summed E-state index contributed by atoms with van der Waals surface area (Å²) >= 11 is 1.15. The fourth-order valence-electron chi connectivity index (χ4n) is 1.17. The monoisotopic (exact) mass is 253 g/mol. The molecule has 0 radical (unpaired) electrons. The molecular weight excluding hydrogens is 246 g/mol. The van der Waals surface area contributed by atoms with Crippen molar-refractivity contribution in [2.45, 2.75) is 4.21 Å². The molecule has 0 bridgehead atoms. The number of thiophene rings is 1. The van der Waals surface area contributed by atoms with Crippen LogP contribution in [-0.2, 0) is 9.84 Å². The molecule has 1 N–H and O–H groups in total. The minimum atomic E-state index is -3.17. The number of nitrogens with zero attached hydrogens (tertiary/aromatic N) is 2. The van der Waals surface area contributed by atoms with Crippen molar-refractivity contribution in [2.75, 3.05) is 6.26 Å². The summed E-state index contributed by atoms with van der Waals surface area (Å²) in [6.45, 7) is 0. The molecule has 0 saturated heterocycles. The van der Waals surface area contributed by atoms with Crippen molar-refractivity contribution in [1.29, 1.82) is 5.26 Å². The van der Waals surface area contributed by atoms with Crippen LogP contribution in [0.25, 0.3) is 10.6 Å². The van der Waals surface area contributed by atoms with Crippen LogP contribution in [0.5, 0.6) is 0 Å². The molecule has 0 aliphatic carbocycles. The fourth-order valence-corrected chi connectivity index (χ4v) is 3.06. The lowest BCUT2D eigenvalue weighted by atomic mass is 10.3. The number of hydrogen-bond acceptors (Lipinski definition) is 5. The standard InChI is InChI=1S/C9H7N3O2S2/c1-16(13,14)9-3-2-8(15-9)7-4-6(5-10)11-12-7/h2-4H,1H3,(H,11,12). The van der Waals surface area contributed by atoms with Gasteiger partial charge < -0.3 is 0 Å². The third-order valence-corrected chi connectivity index (χ3v) is 4.84. The van der Waals surface area contributed by atoms with E-state index in [2.05, 4.69) is 10.2 Å². The lowest BCUT2D eigenvalue weighted by Crippen LogP contribution is -1.91. The molecule has 2 aromatic heterocycles. The molecule has 0 aliphatic heterocycles. The van der Waals surface area contributed by atoms with Crippen molar-refractivity contribution in [3.8, 4) is 16.6 Å². The Hall–Kier alpha value is -1.65. The van der Waals surface area contributed by atoms with Crippen molar-refractivity contribution in [3.05, 3.63) is 23.9 Å². The summed E-state index contributed by atoms with van der Waals surface area (Å²) in [5.41, 5.74) is 0.931. The van der Waals surface area contributed by atoms with Crippen molar-refractivity contribution < 1.29 is 8.42 Å². The average molecular weight is 253 g/mol. The van der Waals surface area contributed by atoms with Crippen LogP contribution in [0.15, 0.2) is 22.4 Å². The zero-order valence-corrected chi connectivity index (χ0v) is 9.89. The van der Waals surface area contributed by atoms with Crippen LogP contribution in [0.2, 0.25) is 0 Å². The highest BCUT2D eigenvalue weighted by atomic mass is 32.2. The average Bonchev–Trinajstić information content (AvgIpc) is 2.85. The molecule has 0 unspecified atom stereocenters. The molecule has 0 saturated carbocycles. The molecule has 2 rings (SSSR count). The third kappa shape index (κ3) is 1.98. The summed E-state index contributed by atoms with van der Waals surface area (Å²) in [6.07, 6.45) is 1.16. The Kier molecular flexibility index (Phi) is 2.53. The summed E-state index contributed by atoms with van der Waals surface area (Å²) in [7, 11) is -3.17. The Morgan fingerprint density at radius 3 is 2.75 bits per heavy atom. The molecule has 0 aliphatic rings. The van der Waals surface area contributed by atoms with Gasteiger partial charge in [-0.25, -0.2) is 8.42 Å². The van der Waals surface area contributed by atoms with Crippen molar-refractivity contribution in [2.24, 2.45) is 0 Å². The number of hydrogen-bond donors (Lipinski definition) is 1. The topological polar surface area (TPSA) is 86.6 Å². The molecule has 0 aromatic carbocycles. The van der Waals surface area contributed by atoms with E-state index < -0.39 is 9.84 Å². The molecule has 0 atom stereocenters. The smallest absolute Gasteiger partial charge is 0.184 e. The quantitative estimate of drug-likeness (QED) is 0.876. The van der Waals surface area contributed by atoms with Gasteiger partial charge in [0.15, 0.2) is 15.5 Å². The Labute approximate surface area is 96.3 Å². The summed E-state index contributed by atoms with van der Waals surface area (Å²) in [6, 6.07) is 6.71. The predicted molar refractivity (Wildman–Crippen MR) is 59.7 cm³/mol. The molecule has 2 aromatic rings. The number of H-pyrrole nitrogens is 1. The number of aromatic amines is 1. The van der Waals surface area contributed by atoms with Crippen LogP contribution in [0, 0.1) is 11.3 Å². The largest absolute Gasteiger partial charge is 0.276 e. The maximum atomic E-state index is 11.3. The third-order valence-electron chi connectivity index (χ3n) is 1.90. The van der Waals surface area contributed by atoms with Crippen LogP contribution in [-0.4, -0.2) is 24.9 Å². The molecular formula is C9H7N3O2S2. The Bertz CT molecular complexity index is 661.